The molecule has 0 bridgehead atoms. The molecule has 3 rings (SSSR count). The highest BCUT2D eigenvalue weighted by Crippen LogP contribution is 2.15. The highest BCUT2D eigenvalue weighted by molar-refractivity contribution is 5.92. The summed E-state index contributed by atoms with van der Waals surface area (Å²) in [5.74, 6) is 0. The van der Waals surface area contributed by atoms with Gasteiger partial charge in [0.2, 0.25) is 0 Å². The number of benzene rings is 2. The van der Waals surface area contributed by atoms with Crippen LogP contribution >= 0.6 is 0 Å². The highest BCUT2D eigenvalue weighted by atomic mass is 16.7. The lowest BCUT2D eigenvalue weighted by Crippen LogP contribution is -2.18. The number of carbonyl (C=O) groups excluding carboxylic acids is 1. The number of hydrogen-bond donors (Lipinski definition) is 1. The Hall–Kier alpha value is -2.88. The molecule has 21 heavy (non-hydrogen) atoms. The predicted octanol–water partition coefficient (Wildman–Crippen LogP) is 3.16. The van der Waals surface area contributed by atoms with Crippen molar-refractivity contribution in [3.05, 3.63) is 66.0 Å². The van der Waals surface area contributed by atoms with E-state index in [1.54, 1.807) is 0 Å². The summed E-state index contributed by atoms with van der Waals surface area (Å²) in [6.07, 6.45) is -0.588. The fourth-order valence-electron chi connectivity index (χ4n) is 2.27. The van der Waals surface area contributed by atoms with Gasteiger partial charge < -0.3 is 5.32 Å². The Labute approximate surface area is 121 Å². The molecule has 0 fully saturated rings. The van der Waals surface area contributed by atoms with E-state index in [0.717, 1.165) is 21.5 Å². The van der Waals surface area contributed by atoms with E-state index in [2.05, 4.69) is 10.5 Å². The number of amides is 1. The molecule has 0 unspecified atom stereocenters. The molecule has 104 valence electrons. The lowest BCUT2D eigenvalue weighted by Gasteiger charge is -1.97. The van der Waals surface area contributed by atoms with Crippen molar-refractivity contribution in [2.45, 2.75) is 0 Å². The molecule has 0 spiro atoms. The number of nitrogens with zero attached hydrogens (tertiary/aromatic N) is 1. The van der Waals surface area contributed by atoms with Gasteiger partial charge in [0.15, 0.2) is 0 Å². The summed E-state index contributed by atoms with van der Waals surface area (Å²) in [5.41, 5.74) is 0. The minimum absolute atomic E-state index is 0.588. The van der Waals surface area contributed by atoms with Crippen LogP contribution in [-0.4, -0.2) is 13.1 Å². The normalized spacial score (nSPS) is 10.3. The summed E-state index contributed by atoms with van der Waals surface area (Å²) >= 11 is 0. The van der Waals surface area contributed by atoms with Crippen molar-refractivity contribution in [1.29, 1.82) is 0 Å². The number of carbonyl (C=O) groups is 1. The van der Waals surface area contributed by atoms with Crippen LogP contribution in [0.2, 0.25) is 0 Å². The third-order valence-electron chi connectivity index (χ3n) is 3.30. The van der Waals surface area contributed by atoms with E-state index in [9.17, 15) is 4.79 Å². The summed E-state index contributed by atoms with van der Waals surface area (Å²) in [6.45, 7) is 0. The molecule has 4 nitrogen and oxygen atoms in total. The van der Waals surface area contributed by atoms with Crippen LogP contribution < -0.4 is 10.7 Å². The quantitative estimate of drug-likeness (QED) is 0.549. The standard InChI is InChI=1S/C17H14N2O2/c1-18-17(20)21-19-16-14-8-4-2-6-12(14)10-11-13-7-3-5-9-15(13)16/h2-11H,1H3,(H,18,20). The van der Waals surface area contributed by atoms with E-state index in [0.29, 0.717) is 5.36 Å². The Kier molecular flexibility index (Phi) is 3.51. The Bertz CT molecular complexity index is 826. The van der Waals surface area contributed by atoms with Crippen LogP contribution in [0.3, 0.4) is 0 Å². The summed E-state index contributed by atoms with van der Waals surface area (Å²) < 4.78 is 0. The smallest absolute Gasteiger partial charge is 0.323 e. The van der Waals surface area contributed by atoms with Gasteiger partial charge in [-0.15, -0.1) is 0 Å². The second-order valence-electron chi connectivity index (χ2n) is 4.58. The van der Waals surface area contributed by atoms with Gasteiger partial charge in [0, 0.05) is 17.8 Å². The summed E-state index contributed by atoms with van der Waals surface area (Å²) in [4.78, 5) is 16.2. The fraction of sp³-hybridized carbons (Fsp3) is 0.0588. The van der Waals surface area contributed by atoms with E-state index < -0.39 is 6.09 Å². The molecule has 0 heterocycles. The zero-order valence-electron chi connectivity index (χ0n) is 11.5. The van der Waals surface area contributed by atoms with Gasteiger partial charge in [-0.25, -0.2) is 4.79 Å². The van der Waals surface area contributed by atoms with E-state index in [-0.39, 0.29) is 0 Å². The Morgan fingerprint density at radius 2 is 1.43 bits per heavy atom. The number of hydrogen-bond acceptors (Lipinski definition) is 3. The van der Waals surface area contributed by atoms with Crippen molar-refractivity contribution in [3.8, 4) is 0 Å². The largest absolute Gasteiger partial charge is 0.433 e. The third-order valence-corrected chi connectivity index (χ3v) is 3.30. The minimum atomic E-state index is -0.588. The molecule has 0 aliphatic carbocycles. The lowest BCUT2D eigenvalue weighted by atomic mass is 10.1. The Balaban J connectivity index is 2.43. The van der Waals surface area contributed by atoms with E-state index >= 15 is 0 Å². The molecule has 0 aromatic heterocycles. The van der Waals surface area contributed by atoms with Gasteiger partial charge in [-0.1, -0.05) is 65.8 Å². The van der Waals surface area contributed by atoms with Crippen molar-refractivity contribution >= 4 is 27.6 Å². The monoisotopic (exact) mass is 278 g/mol. The first-order valence-corrected chi connectivity index (χ1v) is 6.63. The van der Waals surface area contributed by atoms with Crippen LogP contribution in [0.15, 0.2) is 65.8 Å². The molecule has 0 saturated carbocycles. The molecular weight excluding hydrogens is 264 g/mol. The highest BCUT2D eigenvalue weighted by Gasteiger charge is 2.02. The van der Waals surface area contributed by atoms with Crippen molar-refractivity contribution in [3.63, 3.8) is 0 Å². The third kappa shape index (κ3) is 2.56. The van der Waals surface area contributed by atoms with Crippen molar-refractivity contribution in [1.82, 2.24) is 5.32 Å². The van der Waals surface area contributed by atoms with Crippen molar-refractivity contribution in [2.24, 2.45) is 5.16 Å². The number of nitrogens with one attached hydrogen (secondary N) is 1. The van der Waals surface area contributed by atoms with Gasteiger partial charge >= 0.3 is 6.09 Å². The Morgan fingerprint density at radius 1 is 0.905 bits per heavy atom. The number of fused-ring (bicyclic) bond motifs is 2. The van der Waals surface area contributed by atoms with E-state index in [4.69, 9.17) is 4.84 Å². The first-order chi connectivity index (χ1) is 10.3. The van der Waals surface area contributed by atoms with Gasteiger partial charge in [0.25, 0.3) is 0 Å². The van der Waals surface area contributed by atoms with Crippen LogP contribution in [0.5, 0.6) is 0 Å². The molecule has 1 N–H and O–H groups in total. The molecule has 1 amide bonds. The summed E-state index contributed by atoms with van der Waals surface area (Å²) in [6, 6.07) is 19.8. The van der Waals surface area contributed by atoms with Crippen LogP contribution in [-0.2, 0) is 4.84 Å². The van der Waals surface area contributed by atoms with Gasteiger partial charge in [-0.2, -0.15) is 0 Å². The maximum Gasteiger partial charge on any atom is 0.433 e. The average Bonchev–Trinajstić information content (AvgIpc) is 2.69. The molecule has 0 radical (unpaired) electrons. The minimum Gasteiger partial charge on any atom is -0.323 e. The van der Waals surface area contributed by atoms with Gasteiger partial charge in [0.1, 0.15) is 5.36 Å². The molecule has 3 aromatic carbocycles. The second-order valence-corrected chi connectivity index (χ2v) is 4.58. The SMILES string of the molecule is CNC(=O)ON=c1c2ccccc2ccc2ccccc12. The van der Waals surface area contributed by atoms with E-state index in [1.165, 1.54) is 7.05 Å². The summed E-state index contributed by atoms with van der Waals surface area (Å²) in [5, 5.41) is 11.0. The second kappa shape index (κ2) is 5.63. The molecular formula is C17H14N2O2. The molecule has 4 heteroatoms. The van der Waals surface area contributed by atoms with Crippen molar-refractivity contribution in [2.75, 3.05) is 7.05 Å². The van der Waals surface area contributed by atoms with Crippen LogP contribution in [0.25, 0.3) is 21.5 Å². The fourth-order valence-corrected chi connectivity index (χ4v) is 2.27. The molecule has 3 aromatic rings. The average molecular weight is 278 g/mol. The number of rotatable bonds is 1. The summed E-state index contributed by atoms with van der Waals surface area (Å²) in [7, 11) is 1.50. The predicted molar refractivity (Wildman–Crippen MR) is 82.6 cm³/mol. The molecule has 0 saturated heterocycles. The van der Waals surface area contributed by atoms with Crippen molar-refractivity contribution < 1.29 is 9.63 Å². The maximum absolute atomic E-state index is 11.3. The van der Waals surface area contributed by atoms with Gasteiger partial charge in [0.05, 0.1) is 0 Å². The Morgan fingerprint density at radius 3 is 1.95 bits per heavy atom. The first kappa shape index (κ1) is 13.1. The van der Waals surface area contributed by atoms with E-state index in [1.807, 2.05) is 60.7 Å². The van der Waals surface area contributed by atoms with Gasteiger partial charge in [-0.3, -0.25) is 4.84 Å². The zero-order valence-corrected chi connectivity index (χ0v) is 11.5. The molecule has 0 aliphatic heterocycles. The van der Waals surface area contributed by atoms with Crippen LogP contribution in [0, 0.1) is 0 Å². The molecule has 0 aliphatic rings. The van der Waals surface area contributed by atoms with Gasteiger partial charge in [-0.05, 0) is 10.8 Å². The maximum atomic E-state index is 11.3. The lowest BCUT2D eigenvalue weighted by molar-refractivity contribution is 0.149. The van der Waals surface area contributed by atoms with Crippen LogP contribution in [0.4, 0.5) is 4.79 Å². The van der Waals surface area contributed by atoms with Crippen LogP contribution in [0.1, 0.15) is 0 Å². The molecule has 0 atom stereocenters. The topological polar surface area (TPSA) is 50.7 Å². The zero-order chi connectivity index (χ0) is 14.7. The first-order valence-electron chi connectivity index (χ1n) is 6.63.